The van der Waals surface area contributed by atoms with Gasteiger partial charge in [-0.1, -0.05) is 6.92 Å². The molecule has 0 saturated heterocycles. The van der Waals surface area contributed by atoms with Crippen LogP contribution in [0.4, 0.5) is 22.0 Å². The topological polar surface area (TPSA) is 15.3 Å². The average molecular weight is 260 g/mol. The molecular weight excluding hydrogens is 243 g/mol. The van der Waals surface area contributed by atoms with E-state index in [-0.39, 0.29) is 12.0 Å². The van der Waals surface area contributed by atoms with Crippen LogP contribution in [0.2, 0.25) is 0 Å². The SMILES string of the molecule is CC/C(C)=C(/N(NC)C(CF)CF)C(F)(F)F. The van der Waals surface area contributed by atoms with Crippen LogP contribution in [0.5, 0.6) is 0 Å². The Morgan fingerprint density at radius 1 is 1.24 bits per heavy atom. The lowest BCUT2D eigenvalue weighted by atomic mass is 10.1. The van der Waals surface area contributed by atoms with Crippen molar-refractivity contribution in [1.82, 2.24) is 10.4 Å². The number of hydrazine groups is 1. The predicted molar refractivity (Wildman–Crippen MR) is 55.7 cm³/mol. The van der Waals surface area contributed by atoms with Crippen LogP contribution >= 0.6 is 0 Å². The van der Waals surface area contributed by atoms with Crippen molar-refractivity contribution < 1.29 is 22.0 Å². The summed E-state index contributed by atoms with van der Waals surface area (Å²) in [6, 6.07) is -1.47. The molecule has 0 bridgehead atoms. The molecule has 1 N–H and O–H groups in total. The van der Waals surface area contributed by atoms with Gasteiger partial charge in [-0.25, -0.2) is 14.2 Å². The summed E-state index contributed by atoms with van der Waals surface area (Å²) in [5.41, 5.74) is 1.20. The monoisotopic (exact) mass is 260 g/mol. The quantitative estimate of drug-likeness (QED) is 0.583. The van der Waals surface area contributed by atoms with Crippen molar-refractivity contribution in [2.24, 2.45) is 0 Å². The fourth-order valence-electron chi connectivity index (χ4n) is 1.41. The number of nitrogens with one attached hydrogen (secondary N) is 1. The lowest BCUT2D eigenvalue weighted by Gasteiger charge is -2.33. The molecule has 102 valence electrons. The van der Waals surface area contributed by atoms with Gasteiger partial charge in [0, 0.05) is 7.05 Å². The summed E-state index contributed by atoms with van der Waals surface area (Å²) in [5, 5.41) is 0.513. The molecule has 0 heterocycles. The number of hydrogen-bond donors (Lipinski definition) is 1. The van der Waals surface area contributed by atoms with Gasteiger partial charge < -0.3 is 0 Å². The lowest BCUT2D eigenvalue weighted by molar-refractivity contribution is -0.123. The van der Waals surface area contributed by atoms with E-state index in [0.717, 1.165) is 0 Å². The summed E-state index contributed by atoms with van der Waals surface area (Å²) in [7, 11) is 1.20. The van der Waals surface area contributed by atoms with Crippen LogP contribution in [0.1, 0.15) is 20.3 Å². The van der Waals surface area contributed by atoms with Crippen molar-refractivity contribution in [3.05, 3.63) is 11.3 Å². The standard InChI is InChI=1S/C10H17F5N2/c1-4-7(2)9(10(13,14)15)17(16-3)8(5-11)6-12/h8,16H,4-6H2,1-3H3/b9-7+. The molecule has 0 aromatic carbocycles. The van der Waals surface area contributed by atoms with Crippen molar-refractivity contribution >= 4 is 0 Å². The zero-order valence-electron chi connectivity index (χ0n) is 10.0. The Bertz CT molecular complexity index is 258. The molecule has 0 radical (unpaired) electrons. The zero-order chi connectivity index (χ0) is 13.6. The fraction of sp³-hybridized carbons (Fsp3) is 0.800. The Kier molecular flexibility index (Phi) is 6.44. The smallest absolute Gasteiger partial charge is 0.296 e. The third-order valence-electron chi connectivity index (χ3n) is 2.41. The Hall–Kier alpha value is -0.850. The molecule has 7 heteroatoms. The second kappa shape index (κ2) is 6.78. The van der Waals surface area contributed by atoms with E-state index in [2.05, 4.69) is 5.43 Å². The molecule has 0 saturated carbocycles. The zero-order valence-corrected chi connectivity index (χ0v) is 10.0. The van der Waals surface area contributed by atoms with Crippen LogP contribution in [-0.4, -0.2) is 37.6 Å². The van der Waals surface area contributed by atoms with Gasteiger partial charge in [0.1, 0.15) is 25.1 Å². The largest absolute Gasteiger partial charge is 0.432 e. The summed E-state index contributed by atoms with van der Waals surface area (Å²) in [6.07, 6.45) is -4.50. The average Bonchev–Trinajstić information content (AvgIpc) is 2.26. The maximum atomic E-state index is 12.8. The molecule has 17 heavy (non-hydrogen) atoms. The number of hydrogen-bond acceptors (Lipinski definition) is 2. The first-order valence-corrected chi connectivity index (χ1v) is 5.18. The first-order valence-electron chi connectivity index (χ1n) is 5.18. The minimum absolute atomic E-state index is 0.0266. The molecule has 0 aliphatic carbocycles. The van der Waals surface area contributed by atoms with Crippen LogP contribution in [0.25, 0.3) is 0 Å². The first-order chi connectivity index (χ1) is 7.83. The molecule has 0 fully saturated rings. The Morgan fingerprint density at radius 3 is 1.94 bits per heavy atom. The predicted octanol–water partition coefficient (Wildman–Crippen LogP) is 2.98. The summed E-state index contributed by atoms with van der Waals surface area (Å²) < 4.78 is 63.5. The summed E-state index contributed by atoms with van der Waals surface area (Å²) in [6.45, 7) is 0.442. The molecule has 0 aromatic heterocycles. The van der Waals surface area contributed by atoms with E-state index in [9.17, 15) is 22.0 Å². The number of allylic oxidation sites excluding steroid dienone is 2. The van der Waals surface area contributed by atoms with Crippen LogP contribution in [0.15, 0.2) is 11.3 Å². The van der Waals surface area contributed by atoms with Gasteiger partial charge in [-0.2, -0.15) is 13.2 Å². The lowest BCUT2D eigenvalue weighted by Crippen LogP contribution is -2.49. The maximum absolute atomic E-state index is 12.8. The summed E-state index contributed by atoms with van der Waals surface area (Å²) >= 11 is 0. The highest BCUT2D eigenvalue weighted by molar-refractivity contribution is 5.16. The number of rotatable bonds is 6. The van der Waals surface area contributed by atoms with E-state index in [1.807, 2.05) is 0 Å². The van der Waals surface area contributed by atoms with Gasteiger partial charge in [0.05, 0.1) is 0 Å². The Labute approximate surface area is 97.4 Å². The summed E-state index contributed by atoms with van der Waals surface area (Å²) in [4.78, 5) is 0. The number of halogens is 5. The summed E-state index contributed by atoms with van der Waals surface area (Å²) in [5.74, 6) is 0. The first kappa shape index (κ1) is 16.1. The Morgan fingerprint density at radius 2 is 1.71 bits per heavy atom. The second-order valence-electron chi connectivity index (χ2n) is 3.54. The highest BCUT2D eigenvalue weighted by Gasteiger charge is 2.41. The molecule has 0 amide bonds. The molecule has 0 unspecified atom stereocenters. The molecule has 0 aromatic rings. The van der Waals surface area contributed by atoms with Gasteiger partial charge in [-0.15, -0.1) is 0 Å². The minimum atomic E-state index is -4.65. The highest BCUT2D eigenvalue weighted by Crippen LogP contribution is 2.32. The van der Waals surface area contributed by atoms with Gasteiger partial charge in [-0.3, -0.25) is 5.01 Å². The van der Waals surface area contributed by atoms with E-state index in [1.165, 1.54) is 14.0 Å². The van der Waals surface area contributed by atoms with Crippen molar-refractivity contribution in [3.8, 4) is 0 Å². The van der Waals surface area contributed by atoms with E-state index in [0.29, 0.717) is 5.01 Å². The van der Waals surface area contributed by atoms with E-state index in [4.69, 9.17) is 0 Å². The fourth-order valence-corrected chi connectivity index (χ4v) is 1.41. The molecule has 2 nitrogen and oxygen atoms in total. The molecular formula is C10H17F5N2. The van der Waals surface area contributed by atoms with Crippen LogP contribution in [0, 0.1) is 0 Å². The second-order valence-corrected chi connectivity index (χ2v) is 3.54. The van der Waals surface area contributed by atoms with Crippen molar-refractivity contribution in [1.29, 1.82) is 0 Å². The van der Waals surface area contributed by atoms with E-state index in [1.54, 1.807) is 6.92 Å². The van der Waals surface area contributed by atoms with Gasteiger partial charge in [0.25, 0.3) is 0 Å². The van der Waals surface area contributed by atoms with Gasteiger partial charge >= 0.3 is 6.18 Å². The molecule has 0 aliphatic heterocycles. The third kappa shape index (κ3) is 4.14. The molecule has 0 spiro atoms. The van der Waals surface area contributed by atoms with E-state index < -0.39 is 31.3 Å². The maximum Gasteiger partial charge on any atom is 0.432 e. The van der Waals surface area contributed by atoms with Crippen LogP contribution in [0.3, 0.4) is 0 Å². The van der Waals surface area contributed by atoms with Gasteiger partial charge in [0.15, 0.2) is 0 Å². The Balaban J connectivity index is 5.43. The minimum Gasteiger partial charge on any atom is -0.296 e. The number of nitrogens with zero attached hydrogens (tertiary/aromatic N) is 1. The van der Waals surface area contributed by atoms with Crippen LogP contribution in [-0.2, 0) is 0 Å². The van der Waals surface area contributed by atoms with Crippen molar-refractivity contribution in [2.45, 2.75) is 32.5 Å². The van der Waals surface area contributed by atoms with Crippen molar-refractivity contribution in [3.63, 3.8) is 0 Å². The number of alkyl halides is 5. The van der Waals surface area contributed by atoms with Crippen LogP contribution < -0.4 is 5.43 Å². The third-order valence-corrected chi connectivity index (χ3v) is 2.41. The van der Waals surface area contributed by atoms with E-state index >= 15 is 0 Å². The van der Waals surface area contributed by atoms with Gasteiger partial charge in [-0.05, 0) is 18.9 Å². The molecule has 0 rings (SSSR count). The highest BCUT2D eigenvalue weighted by atomic mass is 19.4. The van der Waals surface area contributed by atoms with Crippen molar-refractivity contribution in [2.75, 3.05) is 20.4 Å². The molecule has 0 aliphatic rings. The van der Waals surface area contributed by atoms with Gasteiger partial charge in [0.2, 0.25) is 0 Å². The normalized spacial score (nSPS) is 13.9. The molecule has 0 atom stereocenters.